The highest BCUT2D eigenvalue weighted by Gasteiger charge is 2.20. The standard InChI is InChI=1S/C19H23ClN2O3S/c1-4-6-14(3)21-19(23)17-12-16(9-10-18(17)20)26(24,25)22-15-8-5-7-13(2)11-15/h5,7-12,14,22H,4,6H2,1-3H3,(H,21,23)/t14-/m0/s1. The molecule has 0 aliphatic carbocycles. The van der Waals surface area contributed by atoms with Crippen molar-refractivity contribution in [2.24, 2.45) is 0 Å². The van der Waals surface area contributed by atoms with E-state index in [0.29, 0.717) is 5.69 Å². The van der Waals surface area contributed by atoms with Gasteiger partial charge in [-0.15, -0.1) is 0 Å². The maximum Gasteiger partial charge on any atom is 0.261 e. The van der Waals surface area contributed by atoms with Crippen LogP contribution in [0, 0.1) is 6.92 Å². The third-order valence-corrected chi connectivity index (χ3v) is 5.57. The smallest absolute Gasteiger partial charge is 0.261 e. The van der Waals surface area contributed by atoms with E-state index >= 15 is 0 Å². The zero-order chi connectivity index (χ0) is 19.3. The van der Waals surface area contributed by atoms with E-state index in [0.717, 1.165) is 18.4 Å². The Hall–Kier alpha value is -2.05. The number of benzene rings is 2. The minimum Gasteiger partial charge on any atom is -0.350 e. The van der Waals surface area contributed by atoms with Crippen molar-refractivity contribution in [1.82, 2.24) is 5.32 Å². The van der Waals surface area contributed by atoms with Crippen molar-refractivity contribution in [3.05, 3.63) is 58.6 Å². The Bertz CT molecular complexity index is 897. The van der Waals surface area contributed by atoms with Gasteiger partial charge in [0.1, 0.15) is 0 Å². The second kappa shape index (κ2) is 8.56. The molecule has 140 valence electrons. The molecule has 0 aromatic heterocycles. The Morgan fingerprint density at radius 1 is 1.19 bits per heavy atom. The van der Waals surface area contributed by atoms with Gasteiger partial charge in [-0.05, 0) is 56.2 Å². The quantitative estimate of drug-likeness (QED) is 0.732. The number of carbonyl (C=O) groups is 1. The summed E-state index contributed by atoms with van der Waals surface area (Å²) in [7, 11) is -3.83. The van der Waals surface area contributed by atoms with Gasteiger partial charge in [0.15, 0.2) is 0 Å². The second-order valence-corrected chi connectivity index (χ2v) is 8.37. The lowest BCUT2D eigenvalue weighted by Crippen LogP contribution is -2.32. The number of anilines is 1. The molecule has 0 aliphatic heterocycles. The molecule has 0 bridgehead atoms. The van der Waals surface area contributed by atoms with Crippen LogP contribution in [0.2, 0.25) is 5.02 Å². The summed E-state index contributed by atoms with van der Waals surface area (Å²) in [5, 5.41) is 3.04. The number of rotatable bonds is 7. The SMILES string of the molecule is CCC[C@H](C)NC(=O)c1cc(S(=O)(=O)Nc2cccc(C)c2)ccc1Cl. The summed E-state index contributed by atoms with van der Waals surface area (Å²) in [6.07, 6.45) is 1.76. The van der Waals surface area contributed by atoms with Gasteiger partial charge in [0, 0.05) is 11.7 Å². The first-order valence-corrected chi connectivity index (χ1v) is 10.3. The fourth-order valence-electron chi connectivity index (χ4n) is 2.57. The topological polar surface area (TPSA) is 75.3 Å². The lowest BCUT2D eigenvalue weighted by molar-refractivity contribution is 0.0938. The summed E-state index contributed by atoms with van der Waals surface area (Å²) in [6.45, 7) is 5.80. The van der Waals surface area contributed by atoms with Crippen LogP contribution in [0.5, 0.6) is 0 Å². The Balaban J connectivity index is 2.28. The maximum atomic E-state index is 12.6. The van der Waals surface area contributed by atoms with Gasteiger partial charge < -0.3 is 5.32 Å². The molecule has 1 atom stereocenters. The van der Waals surface area contributed by atoms with Crippen LogP contribution in [-0.2, 0) is 10.0 Å². The molecule has 0 fully saturated rings. The molecule has 2 aromatic carbocycles. The first-order chi connectivity index (χ1) is 12.2. The molecular weight excluding hydrogens is 372 g/mol. The number of carbonyl (C=O) groups excluding carboxylic acids is 1. The molecule has 0 unspecified atom stereocenters. The van der Waals surface area contributed by atoms with Crippen molar-refractivity contribution >= 4 is 33.2 Å². The van der Waals surface area contributed by atoms with E-state index in [1.807, 2.05) is 26.8 Å². The van der Waals surface area contributed by atoms with Crippen molar-refractivity contribution < 1.29 is 13.2 Å². The summed E-state index contributed by atoms with van der Waals surface area (Å²) in [5.41, 5.74) is 1.54. The summed E-state index contributed by atoms with van der Waals surface area (Å²) >= 11 is 6.11. The average molecular weight is 395 g/mol. The van der Waals surface area contributed by atoms with Gasteiger partial charge in [0.25, 0.3) is 15.9 Å². The maximum absolute atomic E-state index is 12.6. The van der Waals surface area contributed by atoms with Crippen molar-refractivity contribution in [1.29, 1.82) is 0 Å². The van der Waals surface area contributed by atoms with Gasteiger partial charge in [-0.2, -0.15) is 0 Å². The summed E-state index contributed by atoms with van der Waals surface area (Å²) in [4.78, 5) is 12.4. The van der Waals surface area contributed by atoms with E-state index < -0.39 is 10.0 Å². The van der Waals surface area contributed by atoms with Crippen molar-refractivity contribution in [2.45, 2.75) is 44.6 Å². The van der Waals surface area contributed by atoms with Crippen LogP contribution < -0.4 is 10.0 Å². The molecule has 0 radical (unpaired) electrons. The molecule has 2 aromatic rings. The van der Waals surface area contributed by atoms with E-state index in [2.05, 4.69) is 10.0 Å². The number of nitrogens with one attached hydrogen (secondary N) is 2. The normalized spacial score (nSPS) is 12.5. The minimum atomic E-state index is -3.83. The fraction of sp³-hybridized carbons (Fsp3) is 0.316. The van der Waals surface area contributed by atoms with Crippen molar-refractivity contribution in [3.8, 4) is 0 Å². The predicted molar refractivity (Wildman–Crippen MR) is 105 cm³/mol. The molecule has 5 nitrogen and oxygen atoms in total. The fourth-order valence-corrected chi connectivity index (χ4v) is 3.85. The Kier molecular flexibility index (Phi) is 6.67. The van der Waals surface area contributed by atoms with Crippen LogP contribution in [0.1, 0.15) is 42.6 Å². The third kappa shape index (κ3) is 5.22. The van der Waals surface area contributed by atoms with Crippen LogP contribution in [0.25, 0.3) is 0 Å². The van der Waals surface area contributed by atoms with Gasteiger partial charge >= 0.3 is 0 Å². The summed E-state index contributed by atoms with van der Waals surface area (Å²) in [5.74, 6) is -0.386. The monoisotopic (exact) mass is 394 g/mol. The molecule has 0 aliphatic rings. The Morgan fingerprint density at radius 3 is 2.58 bits per heavy atom. The van der Waals surface area contributed by atoms with Gasteiger partial charge in [0.2, 0.25) is 0 Å². The molecule has 0 heterocycles. The van der Waals surface area contributed by atoms with E-state index in [1.165, 1.54) is 18.2 Å². The largest absolute Gasteiger partial charge is 0.350 e. The lowest BCUT2D eigenvalue weighted by Gasteiger charge is -2.14. The molecule has 0 spiro atoms. The number of aryl methyl sites for hydroxylation is 1. The van der Waals surface area contributed by atoms with Crippen LogP contribution in [-0.4, -0.2) is 20.4 Å². The van der Waals surface area contributed by atoms with Crippen LogP contribution in [0.3, 0.4) is 0 Å². The molecule has 7 heteroatoms. The first-order valence-electron chi connectivity index (χ1n) is 8.43. The zero-order valence-corrected chi connectivity index (χ0v) is 16.6. The average Bonchev–Trinajstić information content (AvgIpc) is 2.54. The highest BCUT2D eigenvalue weighted by molar-refractivity contribution is 7.92. The summed E-state index contributed by atoms with van der Waals surface area (Å²) < 4.78 is 27.8. The number of hydrogen-bond acceptors (Lipinski definition) is 3. The minimum absolute atomic E-state index is 0.0169. The number of amides is 1. The van der Waals surface area contributed by atoms with Crippen LogP contribution in [0.4, 0.5) is 5.69 Å². The molecular formula is C19H23ClN2O3S. The van der Waals surface area contributed by atoms with Gasteiger partial charge in [-0.25, -0.2) is 8.42 Å². The molecule has 0 saturated heterocycles. The van der Waals surface area contributed by atoms with Crippen LogP contribution >= 0.6 is 11.6 Å². The number of halogens is 1. The summed E-state index contributed by atoms with van der Waals surface area (Å²) in [6, 6.07) is 11.1. The Morgan fingerprint density at radius 2 is 1.92 bits per heavy atom. The zero-order valence-electron chi connectivity index (χ0n) is 15.0. The first kappa shape index (κ1) is 20.3. The van der Waals surface area contributed by atoms with Crippen molar-refractivity contribution in [2.75, 3.05) is 4.72 Å². The van der Waals surface area contributed by atoms with Gasteiger partial charge in [0.05, 0.1) is 15.5 Å². The highest BCUT2D eigenvalue weighted by Crippen LogP contribution is 2.23. The van der Waals surface area contributed by atoms with E-state index in [1.54, 1.807) is 18.2 Å². The predicted octanol–water partition coefficient (Wildman–Crippen LogP) is 4.37. The number of sulfonamides is 1. The van der Waals surface area contributed by atoms with Crippen LogP contribution in [0.15, 0.2) is 47.4 Å². The molecule has 26 heavy (non-hydrogen) atoms. The second-order valence-electron chi connectivity index (χ2n) is 6.28. The molecule has 2 N–H and O–H groups in total. The number of hydrogen-bond donors (Lipinski definition) is 2. The van der Waals surface area contributed by atoms with E-state index in [4.69, 9.17) is 11.6 Å². The molecule has 2 rings (SSSR count). The van der Waals surface area contributed by atoms with Gasteiger partial charge in [-0.3, -0.25) is 9.52 Å². The third-order valence-electron chi connectivity index (χ3n) is 3.86. The highest BCUT2D eigenvalue weighted by atomic mass is 35.5. The van der Waals surface area contributed by atoms with E-state index in [-0.39, 0.29) is 27.4 Å². The van der Waals surface area contributed by atoms with E-state index in [9.17, 15) is 13.2 Å². The Labute approximate surface area is 159 Å². The van der Waals surface area contributed by atoms with Gasteiger partial charge in [-0.1, -0.05) is 37.1 Å². The lowest BCUT2D eigenvalue weighted by atomic mass is 10.1. The molecule has 1 amide bonds. The molecule has 0 saturated carbocycles. The van der Waals surface area contributed by atoms with Crippen molar-refractivity contribution in [3.63, 3.8) is 0 Å².